The molecule has 1 rings (SSSR count). The zero-order chi connectivity index (χ0) is 12.3. The summed E-state index contributed by atoms with van der Waals surface area (Å²) in [5, 5.41) is 1.73. The van der Waals surface area contributed by atoms with Crippen molar-refractivity contribution in [3.05, 3.63) is 0 Å². The highest BCUT2D eigenvalue weighted by Gasteiger charge is 2.38. The first-order valence-electron chi connectivity index (χ1n) is 6.06. The number of hydrogen-bond donors (Lipinski definition) is 1. The predicted octanol–water partition coefficient (Wildman–Crippen LogP) is 1.55. The highest BCUT2D eigenvalue weighted by molar-refractivity contribution is 5.74. The molecule has 0 radical (unpaired) electrons. The number of hydrogen-bond acceptors (Lipinski definition) is 4. The van der Waals surface area contributed by atoms with Gasteiger partial charge in [-0.15, -0.1) is 0 Å². The van der Waals surface area contributed by atoms with Gasteiger partial charge in [-0.2, -0.15) is 0 Å². The highest BCUT2D eigenvalue weighted by Crippen LogP contribution is 2.28. The Morgan fingerprint density at radius 3 is 2.56 bits per heavy atom. The van der Waals surface area contributed by atoms with Crippen molar-refractivity contribution >= 4 is 5.97 Å². The highest BCUT2D eigenvalue weighted by atomic mass is 16.6. The number of rotatable bonds is 3. The lowest BCUT2D eigenvalue weighted by atomic mass is 9.92. The van der Waals surface area contributed by atoms with Crippen molar-refractivity contribution in [2.24, 2.45) is 17.7 Å². The Bertz CT molecular complexity index is 248. The average Bonchev–Trinajstić information content (AvgIpc) is 2.44. The Morgan fingerprint density at radius 1 is 1.44 bits per heavy atom. The largest absolute Gasteiger partial charge is 0.460 e. The Morgan fingerprint density at radius 2 is 2.06 bits per heavy atom. The van der Waals surface area contributed by atoms with Gasteiger partial charge in [0.25, 0.3) is 0 Å². The molecule has 1 heterocycles. The van der Waals surface area contributed by atoms with Crippen molar-refractivity contribution in [2.45, 2.75) is 46.1 Å². The Kier molecular flexibility index (Phi) is 4.33. The lowest BCUT2D eigenvalue weighted by Crippen LogP contribution is -2.33. The van der Waals surface area contributed by atoms with Crippen LogP contribution in [0.15, 0.2) is 0 Å². The average molecular weight is 228 g/mol. The fourth-order valence-electron chi connectivity index (χ4n) is 2.21. The molecule has 2 atom stereocenters. The first kappa shape index (κ1) is 13.5. The molecule has 0 aromatic rings. The zero-order valence-corrected chi connectivity index (χ0v) is 10.8. The second-order valence-corrected chi connectivity index (χ2v) is 5.64. The lowest BCUT2D eigenvalue weighted by Gasteiger charge is -2.24. The van der Waals surface area contributed by atoms with Crippen LogP contribution in [0.25, 0.3) is 0 Å². The van der Waals surface area contributed by atoms with Gasteiger partial charge in [-0.05, 0) is 33.1 Å². The van der Waals surface area contributed by atoms with Gasteiger partial charge in [-0.25, -0.2) is 5.01 Å². The third-order valence-electron chi connectivity index (χ3n) is 2.84. The molecular weight excluding hydrogens is 204 g/mol. The predicted molar refractivity (Wildman–Crippen MR) is 63.5 cm³/mol. The van der Waals surface area contributed by atoms with E-state index in [1.165, 1.54) is 0 Å². The summed E-state index contributed by atoms with van der Waals surface area (Å²) in [7, 11) is 0. The van der Waals surface area contributed by atoms with Crippen LogP contribution in [0, 0.1) is 11.8 Å². The molecule has 0 unspecified atom stereocenters. The van der Waals surface area contributed by atoms with Crippen molar-refractivity contribution in [3.8, 4) is 0 Å². The van der Waals surface area contributed by atoms with Gasteiger partial charge in [0.2, 0.25) is 0 Å². The number of nitrogens with zero attached hydrogens (tertiary/aromatic N) is 1. The summed E-state index contributed by atoms with van der Waals surface area (Å²) >= 11 is 0. The summed E-state index contributed by atoms with van der Waals surface area (Å²) in [6.07, 6.45) is 2.12. The monoisotopic (exact) mass is 228 g/mol. The lowest BCUT2D eigenvalue weighted by molar-refractivity contribution is -0.160. The van der Waals surface area contributed by atoms with Crippen LogP contribution in [0.4, 0.5) is 0 Å². The number of carbonyl (C=O) groups excluding carboxylic acids is 1. The maximum absolute atomic E-state index is 12.0. The molecule has 1 aliphatic rings. The van der Waals surface area contributed by atoms with Crippen molar-refractivity contribution < 1.29 is 9.53 Å². The normalized spacial score (nSPS) is 27.1. The van der Waals surface area contributed by atoms with Crippen LogP contribution < -0.4 is 5.84 Å². The molecule has 0 saturated carbocycles. The van der Waals surface area contributed by atoms with Gasteiger partial charge in [-0.3, -0.25) is 10.6 Å². The minimum absolute atomic E-state index is 0.0517. The molecule has 0 amide bonds. The van der Waals surface area contributed by atoms with E-state index in [-0.39, 0.29) is 11.9 Å². The van der Waals surface area contributed by atoms with Crippen LogP contribution in [0.3, 0.4) is 0 Å². The van der Waals surface area contributed by atoms with E-state index in [0.717, 1.165) is 19.4 Å². The minimum Gasteiger partial charge on any atom is -0.460 e. The number of hydrazine groups is 1. The first-order chi connectivity index (χ1) is 7.33. The summed E-state index contributed by atoms with van der Waals surface area (Å²) in [5.41, 5.74) is -0.407. The number of ether oxygens (including phenoxy) is 1. The second-order valence-electron chi connectivity index (χ2n) is 5.64. The van der Waals surface area contributed by atoms with E-state index in [0.29, 0.717) is 12.5 Å². The Hall–Kier alpha value is -0.610. The zero-order valence-electron chi connectivity index (χ0n) is 10.8. The summed E-state index contributed by atoms with van der Waals surface area (Å²) in [6.45, 7) is 9.25. The van der Waals surface area contributed by atoms with Crippen molar-refractivity contribution in [3.63, 3.8) is 0 Å². The minimum atomic E-state index is -0.407. The van der Waals surface area contributed by atoms with Crippen LogP contribution in [-0.4, -0.2) is 29.7 Å². The van der Waals surface area contributed by atoms with E-state index in [4.69, 9.17) is 10.6 Å². The summed E-state index contributed by atoms with van der Waals surface area (Å²) in [4.78, 5) is 12.0. The molecular formula is C12H24N2O2. The standard InChI is InChI=1S/C12H24N2O2/c1-5-6-9-7-14(13)8-10(9)11(15)16-12(2,3)4/h9-10H,5-8,13H2,1-4H3/t9-,10-/m1/s1. The summed E-state index contributed by atoms with van der Waals surface area (Å²) in [5.74, 6) is 5.97. The van der Waals surface area contributed by atoms with E-state index in [1.807, 2.05) is 20.8 Å². The van der Waals surface area contributed by atoms with Gasteiger partial charge in [0.05, 0.1) is 5.92 Å². The molecule has 4 nitrogen and oxygen atoms in total. The van der Waals surface area contributed by atoms with Gasteiger partial charge in [-0.1, -0.05) is 13.3 Å². The van der Waals surface area contributed by atoms with E-state index >= 15 is 0 Å². The van der Waals surface area contributed by atoms with Crippen LogP contribution in [0.2, 0.25) is 0 Å². The SMILES string of the molecule is CCC[C@@H]1CN(N)C[C@H]1C(=O)OC(C)(C)C. The van der Waals surface area contributed by atoms with E-state index < -0.39 is 5.60 Å². The number of carbonyl (C=O) groups is 1. The van der Waals surface area contributed by atoms with Gasteiger partial charge >= 0.3 is 5.97 Å². The molecule has 0 aromatic carbocycles. The van der Waals surface area contributed by atoms with Crippen LogP contribution >= 0.6 is 0 Å². The fourth-order valence-corrected chi connectivity index (χ4v) is 2.21. The molecule has 1 fully saturated rings. The maximum Gasteiger partial charge on any atom is 0.311 e. The molecule has 0 aromatic heterocycles. The van der Waals surface area contributed by atoms with Crippen molar-refractivity contribution in [1.29, 1.82) is 0 Å². The van der Waals surface area contributed by atoms with Crippen LogP contribution in [0.1, 0.15) is 40.5 Å². The third-order valence-corrected chi connectivity index (χ3v) is 2.84. The Labute approximate surface area is 98.1 Å². The molecule has 0 spiro atoms. The molecule has 16 heavy (non-hydrogen) atoms. The topological polar surface area (TPSA) is 55.6 Å². The summed E-state index contributed by atoms with van der Waals surface area (Å²) in [6, 6.07) is 0. The molecule has 94 valence electrons. The number of esters is 1. The van der Waals surface area contributed by atoms with Crippen LogP contribution in [-0.2, 0) is 9.53 Å². The smallest absolute Gasteiger partial charge is 0.311 e. The quantitative estimate of drug-likeness (QED) is 0.588. The molecule has 2 N–H and O–H groups in total. The summed E-state index contributed by atoms with van der Waals surface area (Å²) < 4.78 is 5.43. The fraction of sp³-hybridized carbons (Fsp3) is 0.917. The van der Waals surface area contributed by atoms with E-state index in [1.54, 1.807) is 5.01 Å². The van der Waals surface area contributed by atoms with Gasteiger partial charge in [0.1, 0.15) is 5.60 Å². The first-order valence-corrected chi connectivity index (χ1v) is 6.06. The molecule has 0 aliphatic carbocycles. The molecule has 1 aliphatic heterocycles. The molecule has 4 heteroatoms. The van der Waals surface area contributed by atoms with Gasteiger partial charge in [0.15, 0.2) is 0 Å². The van der Waals surface area contributed by atoms with Gasteiger partial charge < -0.3 is 4.74 Å². The number of nitrogens with two attached hydrogens (primary N) is 1. The van der Waals surface area contributed by atoms with Crippen molar-refractivity contribution in [1.82, 2.24) is 5.01 Å². The van der Waals surface area contributed by atoms with Crippen LogP contribution in [0.5, 0.6) is 0 Å². The Balaban J connectivity index is 2.59. The molecule has 1 saturated heterocycles. The van der Waals surface area contributed by atoms with E-state index in [2.05, 4.69) is 6.92 Å². The van der Waals surface area contributed by atoms with E-state index in [9.17, 15) is 4.79 Å². The third kappa shape index (κ3) is 3.76. The molecule has 0 bridgehead atoms. The maximum atomic E-state index is 12.0. The van der Waals surface area contributed by atoms with Crippen molar-refractivity contribution in [2.75, 3.05) is 13.1 Å². The second kappa shape index (κ2) is 5.15. The van der Waals surface area contributed by atoms with Gasteiger partial charge in [0, 0.05) is 13.1 Å².